The van der Waals surface area contributed by atoms with E-state index in [0.717, 1.165) is 24.7 Å². The quantitative estimate of drug-likeness (QED) is 0.831. The van der Waals surface area contributed by atoms with Crippen LogP contribution in [0.3, 0.4) is 0 Å². The topological polar surface area (TPSA) is 30.2 Å². The van der Waals surface area contributed by atoms with Gasteiger partial charge < -0.3 is 0 Å². The first-order chi connectivity index (χ1) is 9.88. The maximum Gasteiger partial charge on any atom is 0.0827 e. The van der Waals surface area contributed by atoms with Crippen LogP contribution in [0.5, 0.6) is 0 Å². The number of allylic oxidation sites excluding steroid dienone is 1. The largest absolute Gasteiger partial charge is 0.284 e. The van der Waals surface area contributed by atoms with Gasteiger partial charge in [-0.3, -0.25) is 9.67 Å². The van der Waals surface area contributed by atoms with Gasteiger partial charge in [-0.1, -0.05) is 30.3 Å². The third kappa shape index (κ3) is 2.31. The standard InChI is InChI=1S/C17H17N3/c1-3-14(13-6-7-13)9-15(4-1)16-10-19-20(11-16)12-17-5-2-8-18-17/h1-5,9-11,13H,6-8,12H2. The molecule has 3 heteroatoms. The van der Waals surface area contributed by atoms with Crippen molar-refractivity contribution in [2.24, 2.45) is 4.99 Å². The molecule has 1 aromatic carbocycles. The van der Waals surface area contributed by atoms with Crippen LogP contribution in [-0.4, -0.2) is 22.0 Å². The normalized spacial score (nSPS) is 17.5. The highest BCUT2D eigenvalue weighted by molar-refractivity contribution is 5.96. The second kappa shape index (κ2) is 4.75. The van der Waals surface area contributed by atoms with E-state index < -0.39 is 0 Å². The van der Waals surface area contributed by atoms with Gasteiger partial charge in [-0.25, -0.2) is 0 Å². The molecule has 0 atom stereocenters. The predicted molar refractivity (Wildman–Crippen MR) is 81.1 cm³/mol. The smallest absolute Gasteiger partial charge is 0.0827 e. The molecule has 0 radical (unpaired) electrons. The summed E-state index contributed by atoms with van der Waals surface area (Å²) < 4.78 is 1.97. The Labute approximate surface area is 118 Å². The molecule has 0 unspecified atom stereocenters. The van der Waals surface area contributed by atoms with Gasteiger partial charge in [0, 0.05) is 11.8 Å². The van der Waals surface area contributed by atoms with E-state index in [2.05, 4.69) is 52.7 Å². The molecule has 2 aromatic rings. The van der Waals surface area contributed by atoms with Crippen LogP contribution in [-0.2, 0) is 6.54 Å². The lowest BCUT2D eigenvalue weighted by molar-refractivity contribution is 0.725. The molecule has 0 bridgehead atoms. The Morgan fingerprint density at radius 2 is 2.15 bits per heavy atom. The molecule has 0 spiro atoms. The summed E-state index contributed by atoms with van der Waals surface area (Å²) in [5.74, 6) is 0.794. The molecule has 1 saturated carbocycles. The zero-order valence-corrected chi connectivity index (χ0v) is 11.4. The SMILES string of the molecule is C1=CC(Cn2cc(-c3cccc(C4CC4)c3)cn2)=NC1. The number of nitrogens with zero attached hydrogens (tertiary/aromatic N) is 3. The van der Waals surface area contributed by atoms with E-state index in [1.54, 1.807) is 0 Å². The number of aromatic nitrogens is 2. The fraction of sp³-hybridized carbons (Fsp3) is 0.294. The lowest BCUT2D eigenvalue weighted by Crippen LogP contribution is -2.06. The summed E-state index contributed by atoms with van der Waals surface area (Å²) in [6.07, 6.45) is 10.9. The van der Waals surface area contributed by atoms with Crippen LogP contribution in [0.1, 0.15) is 24.3 Å². The number of aliphatic imine (C=N–C) groups is 1. The van der Waals surface area contributed by atoms with E-state index in [-0.39, 0.29) is 0 Å². The maximum atomic E-state index is 4.45. The molecule has 4 rings (SSSR count). The summed E-state index contributed by atoms with van der Waals surface area (Å²) in [4.78, 5) is 4.40. The van der Waals surface area contributed by atoms with Crippen molar-refractivity contribution in [1.82, 2.24) is 9.78 Å². The van der Waals surface area contributed by atoms with Gasteiger partial charge >= 0.3 is 0 Å². The van der Waals surface area contributed by atoms with Crippen molar-refractivity contribution >= 4 is 5.71 Å². The summed E-state index contributed by atoms with van der Waals surface area (Å²) >= 11 is 0. The van der Waals surface area contributed by atoms with Gasteiger partial charge in [0.15, 0.2) is 0 Å². The van der Waals surface area contributed by atoms with Crippen molar-refractivity contribution in [1.29, 1.82) is 0 Å². The van der Waals surface area contributed by atoms with Crippen LogP contribution in [0.15, 0.2) is 53.8 Å². The minimum Gasteiger partial charge on any atom is -0.284 e. The van der Waals surface area contributed by atoms with Gasteiger partial charge in [0.05, 0.1) is 25.0 Å². The van der Waals surface area contributed by atoms with Crippen LogP contribution >= 0.6 is 0 Å². The van der Waals surface area contributed by atoms with Crippen LogP contribution < -0.4 is 0 Å². The van der Waals surface area contributed by atoms with E-state index in [1.165, 1.54) is 29.5 Å². The van der Waals surface area contributed by atoms with Crippen molar-refractivity contribution in [3.63, 3.8) is 0 Å². The minimum absolute atomic E-state index is 0.763. The molecule has 1 aliphatic carbocycles. The van der Waals surface area contributed by atoms with Gasteiger partial charge in [0.2, 0.25) is 0 Å². The van der Waals surface area contributed by atoms with Crippen LogP contribution in [0.4, 0.5) is 0 Å². The molecule has 0 amide bonds. The van der Waals surface area contributed by atoms with Gasteiger partial charge in [0.25, 0.3) is 0 Å². The fourth-order valence-corrected chi connectivity index (χ4v) is 2.67. The second-order valence-electron chi connectivity index (χ2n) is 5.56. The van der Waals surface area contributed by atoms with Crippen molar-refractivity contribution in [3.8, 4) is 11.1 Å². The minimum atomic E-state index is 0.763. The van der Waals surface area contributed by atoms with E-state index in [9.17, 15) is 0 Å². The number of hydrogen-bond donors (Lipinski definition) is 0. The Balaban J connectivity index is 1.57. The highest BCUT2D eigenvalue weighted by Crippen LogP contribution is 2.41. The van der Waals surface area contributed by atoms with E-state index in [0.29, 0.717) is 0 Å². The Morgan fingerprint density at radius 3 is 2.95 bits per heavy atom. The fourth-order valence-electron chi connectivity index (χ4n) is 2.67. The molecular weight excluding hydrogens is 246 g/mol. The first-order valence-corrected chi connectivity index (χ1v) is 7.21. The third-order valence-corrected chi connectivity index (χ3v) is 3.94. The van der Waals surface area contributed by atoms with Crippen LogP contribution in [0, 0.1) is 0 Å². The summed E-state index contributed by atoms with van der Waals surface area (Å²) in [6, 6.07) is 8.87. The van der Waals surface area contributed by atoms with Crippen molar-refractivity contribution in [2.45, 2.75) is 25.3 Å². The summed E-state index contributed by atoms with van der Waals surface area (Å²) in [6.45, 7) is 1.58. The highest BCUT2D eigenvalue weighted by atomic mass is 15.3. The zero-order valence-electron chi connectivity index (χ0n) is 11.4. The average Bonchev–Trinajstić information content (AvgIpc) is 3.02. The predicted octanol–water partition coefficient (Wildman–Crippen LogP) is 3.44. The van der Waals surface area contributed by atoms with Gasteiger partial charge in [-0.05, 0) is 36.0 Å². The monoisotopic (exact) mass is 263 g/mol. The van der Waals surface area contributed by atoms with Gasteiger partial charge in [0.1, 0.15) is 0 Å². The molecular formula is C17H17N3. The van der Waals surface area contributed by atoms with Gasteiger partial charge in [-0.2, -0.15) is 5.10 Å². The molecule has 0 saturated heterocycles. The highest BCUT2D eigenvalue weighted by Gasteiger charge is 2.23. The molecule has 2 aliphatic rings. The molecule has 1 aromatic heterocycles. The summed E-state index contributed by atoms with van der Waals surface area (Å²) in [5.41, 5.74) is 5.03. The van der Waals surface area contributed by atoms with E-state index >= 15 is 0 Å². The lowest BCUT2D eigenvalue weighted by atomic mass is 10.0. The Morgan fingerprint density at radius 1 is 1.20 bits per heavy atom. The summed E-state index contributed by atoms with van der Waals surface area (Å²) in [5, 5.41) is 4.45. The molecule has 3 nitrogen and oxygen atoms in total. The number of benzene rings is 1. The Kier molecular flexibility index (Phi) is 2.76. The molecule has 1 fully saturated rings. The molecule has 100 valence electrons. The van der Waals surface area contributed by atoms with Gasteiger partial charge in [-0.15, -0.1) is 0 Å². The van der Waals surface area contributed by atoms with Crippen molar-refractivity contribution in [3.05, 3.63) is 54.4 Å². The molecule has 1 aliphatic heterocycles. The van der Waals surface area contributed by atoms with Crippen molar-refractivity contribution in [2.75, 3.05) is 6.54 Å². The van der Waals surface area contributed by atoms with Crippen LogP contribution in [0.25, 0.3) is 11.1 Å². The Hall–Kier alpha value is -2.16. The first-order valence-electron chi connectivity index (χ1n) is 7.21. The number of hydrogen-bond acceptors (Lipinski definition) is 2. The number of rotatable bonds is 4. The average molecular weight is 263 g/mol. The maximum absolute atomic E-state index is 4.45. The molecule has 2 heterocycles. The first kappa shape index (κ1) is 11.6. The molecule has 20 heavy (non-hydrogen) atoms. The van der Waals surface area contributed by atoms with E-state index in [1.807, 2.05) is 10.9 Å². The lowest BCUT2D eigenvalue weighted by Gasteiger charge is -2.02. The van der Waals surface area contributed by atoms with Crippen LogP contribution in [0.2, 0.25) is 0 Å². The third-order valence-electron chi connectivity index (χ3n) is 3.94. The summed E-state index contributed by atoms with van der Waals surface area (Å²) in [7, 11) is 0. The second-order valence-corrected chi connectivity index (χ2v) is 5.56. The Bertz CT molecular complexity index is 690. The van der Waals surface area contributed by atoms with E-state index in [4.69, 9.17) is 0 Å². The molecule has 0 N–H and O–H groups in total. The van der Waals surface area contributed by atoms with Crippen molar-refractivity contribution < 1.29 is 0 Å². The zero-order chi connectivity index (χ0) is 13.4.